The summed E-state index contributed by atoms with van der Waals surface area (Å²) in [5.74, 6) is 0. The van der Waals surface area contributed by atoms with Crippen LogP contribution in [-0.2, 0) is 0 Å². The molecule has 0 spiro atoms. The minimum atomic E-state index is 0.0124. The second-order valence-corrected chi connectivity index (χ2v) is 5.19. The predicted octanol–water partition coefficient (Wildman–Crippen LogP) is -2.78. The second kappa shape index (κ2) is 2.60. The van der Waals surface area contributed by atoms with Gasteiger partial charge in [0.05, 0.1) is 0 Å². The molecule has 0 aromatic rings. The Balaban J connectivity index is 2.11. The Morgan fingerprint density at radius 3 is 2.60 bits per heavy atom. The van der Waals surface area contributed by atoms with Crippen LogP contribution in [0.25, 0.3) is 0 Å². The number of aliphatic hydroxyl groups excluding tert-OH is 1. The molecule has 3 heteroatoms. The summed E-state index contributed by atoms with van der Waals surface area (Å²) in [7, 11) is 0. The van der Waals surface area contributed by atoms with Gasteiger partial charge in [-0.1, -0.05) is 0 Å². The average molecular weight is 254 g/mol. The number of hydrogen-bond donors (Lipinski definition) is 1. The van der Waals surface area contributed by atoms with Crippen molar-refractivity contribution >= 4 is 0 Å². The Hall–Kier alpha value is 0.650. The van der Waals surface area contributed by atoms with Crippen LogP contribution in [0.5, 0.6) is 0 Å². The zero-order valence-corrected chi connectivity index (χ0v) is 8.28. The fourth-order valence-corrected chi connectivity index (χ4v) is 4.81. The first-order valence-electron chi connectivity index (χ1n) is 3.79. The van der Waals surface area contributed by atoms with E-state index in [4.69, 9.17) is 0 Å². The van der Waals surface area contributed by atoms with Crippen LogP contribution >= 0.6 is 0 Å². The molecule has 60 valence electrons. The molecule has 3 atom stereocenters. The number of rotatable bonds is 1. The normalized spacial score (nSPS) is 47.2. The summed E-state index contributed by atoms with van der Waals surface area (Å²) in [5.41, 5.74) is 0. The summed E-state index contributed by atoms with van der Waals surface area (Å²) in [6.45, 7) is 0. The number of halogens is 1. The number of hydrogen-bond acceptors (Lipinski definition) is 2. The van der Waals surface area contributed by atoms with E-state index in [-0.39, 0.29) is 27.6 Å². The van der Waals surface area contributed by atoms with Crippen LogP contribution < -0.4 is 21.5 Å². The van der Waals surface area contributed by atoms with Crippen molar-refractivity contribution in [3.05, 3.63) is 0 Å². The van der Waals surface area contributed by atoms with Crippen LogP contribution in [0.3, 0.4) is 0 Å². The molecule has 1 N–H and O–H groups in total. The van der Waals surface area contributed by atoms with E-state index in [0.717, 1.165) is 12.5 Å². The Morgan fingerprint density at radius 2 is 2.30 bits per heavy atom. The van der Waals surface area contributed by atoms with Crippen LogP contribution in [0.1, 0.15) is 19.3 Å². The number of aliphatic hydroxyl groups is 1. The van der Waals surface area contributed by atoms with E-state index in [2.05, 4.69) is 8.04 Å². The second-order valence-electron chi connectivity index (χ2n) is 3.11. The molecular weight excluding hydrogens is 241 g/mol. The van der Waals surface area contributed by atoms with Crippen molar-refractivity contribution in [2.45, 2.75) is 37.5 Å². The maximum atomic E-state index is 9.50. The van der Waals surface area contributed by atoms with Gasteiger partial charge in [-0.05, 0) is 0 Å². The minimum absolute atomic E-state index is 0.0124. The zero-order valence-electron chi connectivity index (χ0n) is 6.13. The topological polar surface area (TPSA) is 23.5 Å². The number of nitrogens with zero attached hydrogens (tertiary/aromatic N) is 1. The first kappa shape index (κ1) is 7.31. The van der Waals surface area contributed by atoms with Crippen molar-refractivity contribution in [1.29, 1.82) is 0 Å². The predicted molar refractivity (Wildman–Crippen MR) is 35.2 cm³/mol. The molecule has 2 aliphatic heterocycles. The van der Waals surface area contributed by atoms with Crippen LogP contribution in [-0.4, -0.2) is 31.3 Å². The molecule has 2 aliphatic rings. The standard InChI is InChI=1S/C7H13INO/c1-8-9-5-2-3-6(9)7(10)4-5/h5-7,10H,2-4H2,1H3/q-1. The van der Waals surface area contributed by atoms with Crippen molar-refractivity contribution in [3.8, 4) is 0 Å². The molecule has 0 aromatic heterocycles. The Bertz CT molecular complexity index is 142. The van der Waals surface area contributed by atoms with Gasteiger partial charge in [-0.15, -0.1) is 0 Å². The monoisotopic (exact) mass is 254 g/mol. The fourth-order valence-electron chi connectivity index (χ4n) is 2.16. The van der Waals surface area contributed by atoms with Gasteiger partial charge in [0.25, 0.3) is 0 Å². The van der Waals surface area contributed by atoms with Crippen molar-refractivity contribution in [2.75, 3.05) is 4.93 Å². The molecule has 2 saturated heterocycles. The SMILES string of the molecule is C[I-]N1C2CCC1C(O)C2. The van der Waals surface area contributed by atoms with Gasteiger partial charge in [-0.2, -0.15) is 0 Å². The molecule has 0 aromatic carbocycles. The van der Waals surface area contributed by atoms with Gasteiger partial charge in [-0.25, -0.2) is 0 Å². The summed E-state index contributed by atoms with van der Waals surface area (Å²) >= 11 is 0.232. The summed E-state index contributed by atoms with van der Waals surface area (Å²) in [6, 6.07) is 1.32. The van der Waals surface area contributed by atoms with Crippen molar-refractivity contribution < 1.29 is 26.6 Å². The zero-order chi connectivity index (χ0) is 7.14. The fraction of sp³-hybridized carbons (Fsp3) is 1.00. The Kier molecular flexibility index (Phi) is 1.90. The molecule has 10 heavy (non-hydrogen) atoms. The van der Waals surface area contributed by atoms with E-state index in [1.165, 1.54) is 12.8 Å². The van der Waals surface area contributed by atoms with E-state index >= 15 is 0 Å². The molecule has 2 heterocycles. The van der Waals surface area contributed by atoms with Gasteiger partial charge in [0.15, 0.2) is 0 Å². The van der Waals surface area contributed by atoms with E-state index < -0.39 is 0 Å². The summed E-state index contributed by atoms with van der Waals surface area (Å²) in [6.07, 6.45) is 3.66. The molecule has 2 rings (SSSR count). The van der Waals surface area contributed by atoms with Crippen LogP contribution in [0, 0.1) is 0 Å². The van der Waals surface area contributed by atoms with Crippen LogP contribution in [0.15, 0.2) is 0 Å². The third-order valence-corrected chi connectivity index (χ3v) is 5.23. The van der Waals surface area contributed by atoms with Gasteiger partial charge in [0.2, 0.25) is 0 Å². The van der Waals surface area contributed by atoms with Gasteiger partial charge in [-0.3, -0.25) is 0 Å². The van der Waals surface area contributed by atoms with Gasteiger partial charge < -0.3 is 0 Å². The molecular formula is C7H13INO-. The quantitative estimate of drug-likeness (QED) is 0.311. The van der Waals surface area contributed by atoms with Gasteiger partial charge in [0, 0.05) is 0 Å². The van der Waals surface area contributed by atoms with Crippen LogP contribution in [0.2, 0.25) is 0 Å². The Labute approximate surface area is 72.2 Å². The number of alkyl halides is 1. The molecule has 3 unspecified atom stereocenters. The van der Waals surface area contributed by atoms with E-state index in [9.17, 15) is 5.11 Å². The van der Waals surface area contributed by atoms with E-state index in [0.29, 0.717) is 6.04 Å². The average Bonchev–Trinajstić information content (AvgIpc) is 2.42. The number of fused-ring (bicyclic) bond motifs is 2. The van der Waals surface area contributed by atoms with Crippen molar-refractivity contribution in [2.24, 2.45) is 0 Å². The molecule has 2 fully saturated rings. The third kappa shape index (κ3) is 0.905. The molecule has 2 bridgehead atoms. The molecule has 0 amide bonds. The molecule has 0 radical (unpaired) electrons. The molecule has 2 nitrogen and oxygen atoms in total. The molecule has 0 aliphatic carbocycles. The first-order chi connectivity index (χ1) is 4.83. The summed E-state index contributed by atoms with van der Waals surface area (Å²) in [5, 5.41) is 9.50. The van der Waals surface area contributed by atoms with Gasteiger partial charge >= 0.3 is 72.1 Å². The summed E-state index contributed by atoms with van der Waals surface area (Å²) in [4.78, 5) is 2.29. The Morgan fingerprint density at radius 1 is 1.50 bits per heavy atom. The van der Waals surface area contributed by atoms with E-state index in [1.54, 1.807) is 0 Å². The summed E-state index contributed by atoms with van der Waals surface area (Å²) < 4.78 is 2.56. The van der Waals surface area contributed by atoms with Crippen molar-refractivity contribution in [3.63, 3.8) is 0 Å². The molecule has 0 saturated carbocycles. The first-order valence-corrected chi connectivity index (χ1v) is 6.91. The maximum absolute atomic E-state index is 9.50. The van der Waals surface area contributed by atoms with Gasteiger partial charge in [0.1, 0.15) is 0 Å². The van der Waals surface area contributed by atoms with Crippen molar-refractivity contribution in [1.82, 2.24) is 3.11 Å². The van der Waals surface area contributed by atoms with Crippen LogP contribution in [0.4, 0.5) is 0 Å². The third-order valence-electron chi connectivity index (χ3n) is 2.61. The van der Waals surface area contributed by atoms with E-state index in [1.807, 2.05) is 0 Å².